The monoisotopic (exact) mass is 414 g/mol. The van der Waals surface area contributed by atoms with Gasteiger partial charge in [-0.2, -0.15) is 13.2 Å². The number of primary amides is 1. The van der Waals surface area contributed by atoms with Gasteiger partial charge in [0.05, 0.1) is 5.69 Å². The Labute approximate surface area is 169 Å². The van der Waals surface area contributed by atoms with Crippen LogP contribution in [0.4, 0.5) is 18.9 Å². The summed E-state index contributed by atoms with van der Waals surface area (Å²) >= 11 is 0. The van der Waals surface area contributed by atoms with E-state index < -0.39 is 23.7 Å². The Morgan fingerprint density at radius 1 is 0.967 bits per heavy atom. The summed E-state index contributed by atoms with van der Waals surface area (Å²) in [5.41, 5.74) is 9.88. The summed E-state index contributed by atoms with van der Waals surface area (Å²) in [6.07, 6.45) is -4.74. The van der Waals surface area contributed by atoms with Crippen LogP contribution in [0.3, 0.4) is 0 Å². The second kappa shape index (κ2) is 8.34. The summed E-state index contributed by atoms with van der Waals surface area (Å²) in [5.74, 6) is -1.54. The smallest absolute Gasteiger partial charge is 0.366 e. The number of alkyl halides is 3. The van der Waals surface area contributed by atoms with Crippen LogP contribution in [0.2, 0.25) is 0 Å². The number of nitrogens with two attached hydrogens (primary N) is 2. The van der Waals surface area contributed by atoms with Crippen molar-refractivity contribution in [3.63, 3.8) is 0 Å². The molecule has 0 saturated heterocycles. The van der Waals surface area contributed by atoms with E-state index >= 15 is 0 Å². The van der Waals surface area contributed by atoms with Crippen LogP contribution in [0, 0.1) is 0 Å². The van der Waals surface area contributed by atoms with E-state index in [0.29, 0.717) is 5.69 Å². The van der Waals surface area contributed by atoms with Gasteiger partial charge in [-0.05, 0) is 42.0 Å². The maximum Gasteiger partial charge on any atom is 0.433 e. The van der Waals surface area contributed by atoms with Crippen molar-refractivity contribution in [1.29, 1.82) is 0 Å². The average molecular weight is 414 g/mol. The van der Waals surface area contributed by atoms with E-state index in [0.717, 1.165) is 6.07 Å². The van der Waals surface area contributed by atoms with Crippen LogP contribution < -0.4 is 16.8 Å². The number of hydrogen-bond donors (Lipinski definition) is 3. The normalized spacial score (nSPS) is 11.2. The summed E-state index contributed by atoms with van der Waals surface area (Å²) in [4.78, 5) is 28.5. The average Bonchev–Trinajstić information content (AvgIpc) is 2.72. The molecule has 0 fully saturated rings. The van der Waals surface area contributed by atoms with Crippen molar-refractivity contribution in [2.45, 2.75) is 12.7 Å². The third-order valence-corrected chi connectivity index (χ3v) is 4.27. The minimum atomic E-state index is -4.74. The van der Waals surface area contributed by atoms with Crippen molar-refractivity contribution in [2.75, 3.05) is 5.32 Å². The number of rotatable bonds is 5. The van der Waals surface area contributed by atoms with E-state index in [-0.39, 0.29) is 34.5 Å². The highest BCUT2D eigenvalue weighted by atomic mass is 19.4. The van der Waals surface area contributed by atoms with Gasteiger partial charge in [0.1, 0.15) is 5.69 Å². The lowest BCUT2D eigenvalue weighted by Gasteiger charge is -2.16. The number of carbonyl (C=O) groups is 2. The molecule has 0 saturated carbocycles. The molecular weight excluding hydrogens is 397 g/mol. The van der Waals surface area contributed by atoms with E-state index in [1.165, 1.54) is 24.3 Å². The summed E-state index contributed by atoms with van der Waals surface area (Å²) < 4.78 is 40.0. The first kappa shape index (κ1) is 21.0. The molecule has 2 aromatic carbocycles. The van der Waals surface area contributed by atoms with Crippen molar-refractivity contribution < 1.29 is 22.8 Å². The third-order valence-electron chi connectivity index (χ3n) is 4.27. The zero-order valence-corrected chi connectivity index (χ0v) is 15.5. The number of amides is 2. The van der Waals surface area contributed by atoms with Crippen molar-refractivity contribution in [3.8, 4) is 11.3 Å². The number of nitrogens with zero attached hydrogens (tertiary/aromatic N) is 1. The van der Waals surface area contributed by atoms with E-state index in [4.69, 9.17) is 11.5 Å². The topological polar surface area (TPSA) is 111 Å². The molecule has 0 aliphatic heterocycles. The number of nitrogens with one attached hydrogen (secondary N) is 1. The first-order valence-electron chi connectivity index (χ1n) is 8.78. The van der Waals surface area contributed by atoms with Gasteiger partial charge >= 0.3 is 6.18 Å². The van der Waals surface area contributed by atoms with Gasteiger partial charge in [0.25, 0.3) is 5.91 Å². The lowest BCUT2D eigenvalue weighted by atomic mass is 9.95. The number of carbonyl (C=O) groups excluding carboxylic acids is 2. The highest BCUT2D eigenvalue weighted by Crippen LogP contribution is 2.33. The molecule has 1 heterocycles. The molecule has 0 spiro atoms. The molecule has 0 aliphatic rings. The van der Waals surface area contributed by atoms with Gasteiger partial charge in [-0.15, -0.1) is 0 Å². The molecule has 0 radical (unpaired) electrons. The van der Waals surface area contributed by atoms with E-state index in [1.54, 1.807) is 30.3 Å². The SMILES string of the molecule is NCc1cc(-c2c(C(N)=O)cccc2C(=O)Nc2ccccc2)nc(C(F)(F)F)c1. The fraction of sp³-hybridized carbons (Fsp3) is 0.0952. The lowest BCUT2D eigenvalue weighted by molar-refractivity contribution is -0.141. The van der Waals surface area contributed by atoms with Crippen LogP contribution in [0.15, 0.2) is 60.7 Å². The Balaban J connectivity index is 2.21. The second-order valence-corrected chi connectivity index (χ2v) is 6.36. The van der Waals surface area contributed by atoms with Gasteiger partial charge in [-0.3, -0.25) is 9.59 Å². The number of anilines is 1. The van der Waals surface area contributed by atoms with Crippen LogP contribution in [0.25, 0.3) is 11.3 Å². The van der Waals surface area contributed by atoms with E-state index in [1.807, 2.05) is 0 Å². The van der Waals surface area contributed by atoms with Crippen molar-refractivity contribution >= 4 is 17.5 Å². The molecule has 3 rings (SSSR count). The maximum absolute atomic E-state index is 13.3. The van der Waals surface area contributed by atoms with E-state index in [9.17, 15) is 22.8 Å². The molecule has 30 heavy (non-hydrogen) atoms. The molecule has 154 valence electrons. The van der Waals surface area contributed by atoms with Crippen molar-refractivity contribution in [2.24, 2.45) is 11.5 Å². The second-order valence-electron chi connectivity index (χ2n) is 6.36. The predicted molar refractivity (Wildman–Crippen MR) is 105 cm³/mol. The van der Waals surface area contributed by atoms with Gasteiger partial charge in [-0.1, -0.05) is 24.3 Å². The minimum absolute atomic E-state index is 0.0510. The largest absolute Gasteiger partial charge is 0.433 e. The van der Waals surface area contributed by atoms with Gasteiger partial charge in [-0.25, -0.2) is 4.98 Å². The number of hydrogen-bond acceptors (Lipinski definition) is 4. The molecule has 6 nitrogen and oxygen atoms in total. The summed E-state index contributed by atoms with van der Waals surface area (Å²) in [7, 11) is 0. The fourth-order valence-electron chi connectivity index (χ4n) is 2.92. The quantitative estimate of drug-likeness (QED) is 0.593. The summed E-state index contributed by atoms with van der Waals surface area (Å²) in [5, 5.41) is 2.64. The first-order valence-corrected chi connectivity index (χ1v) is 8.78. The Kier molecular flexibility index (Phi) is 5.84. The van der Waals surface area contributed by atoms with Gasteiger partial charge in [0, 0.05) is 28.9 Å². The number of pyridine rings is 1. The highest BCUT2D eigenvalue weighted by Gasteiger charge is 2.34. The molecular formula is C21H17F3N4O2. The Morgan fingerprint density at radius 2 is 1.63 bits per heavy atom. The van der Waals surface area contributed by atoms with E-state index in [2.05, 4.69) is 10.3 Å². The summed E-state index contributed by atoms with van der Waals surface area (Å²) in [6.45, 7) is -0.192. The fourth-order valence-corrected chi connectivity index (χ4v) is 2.92. The van der Waals surface area contributed by atoms with Crippen LogP contribution >= 0.6 is 0 Å². The molecule has 0 aliphatic carbocycles. The van der Waals surface area contributed by atoms with Gasteiger partial charge < -0.3 is 16.8 Å². The summed E-state index contributed by atoms with van der Waals surface area (Å²) in [6, 6.07) is 14.7. The minimum Gasteiger partial charge on any atom is -0.366 e. The molecule has 0 unspecified atom stereocenters. The molecule has 5 N–H and O–H groups in total. The zero-order valence-electron chi connectivity index (χ0n) is 15.5. The molecule has 0 atom stereocenters. The lowest BCUT2D eigenvalue weighted by Crippen LogP contribution is -2.19. The van der Waals surface area contributed by atoms with Crippen molar-refractivity contribution in [1.82, 2.24) is 4.98 Å². The first-order chi connectivity index (χ1) is 14.2. The molecule has 9 heteroatoms. The number of aromatic nitrogens is 1. The Bertz CT molecular complexity index is 1100. The highest BCUT2D eigenvalue weighted by molar-refractivity contribution is 6.12. The van der Waals surface area contributed by atoms with Crippen LogP contribution in [0.5, 0.6) is 0 Å². The zero-order chi connectivity index (χ0) is 21.9. The van der Waals surface area contributed by atoms with Gasteiger partial charge in [0.15, 0.2) is 0 Å². The Morgan fingerprint density at radius 3 is 2.23 bits per heavy atom. The van der Waals surface area contributed by atoms with Crippen LogP contribution in [-0.4, -0.2) is 16.8 Å². The van der Waals surface area contributed by atoms with Crippen molar-refractivity contribution in [3.05, 3.63) is 83.0 Å². The predicted octanol–water partition coefficient (Wildman–Crippen LogP) is 3.58. The van der Waals surface area contributed by atoms with Gasteiger partial charge in [0.2, 0.25) is 5.91 Å². The molecule has 0 bridgehead atoms. The third kappa shape index (κ3) is 4.47. The number of para-hydroxylation sites is 1. The molecule has 2 amide bonds. The Hall–Kier alpha value is -3.72. The van der Waals surface area contributed by atoms with Crippen LogP contribution in [-0.2, 0) is 12.7 Å². The molecule has 3 aromatic rings. The number of halogens is 3. The molecule has 1 aromatic heterocycles. The van der Waals surface area contributed by atoms with Crippen LogP contribution in [0.1, 0.15) is 32.0 Å². The standard InChI is InChI=1S/C21H17F3N4O2/c22-21(23,24)17-10-12(11-25)9-16(28-17)18-14(19(26)29)7-4-8-15(18)20(30)27-13-5-2-1-3-6-13/h1-10H,11,25H2,(H2,26,29)(H,27,30). The number of benzene rings is 2. The maximum atomic E-state index is 13.3.